The number of hydrogen-bond acceptors (Lipinski definition) is 3. The summed E-state index contributed by atoms with van der Waals surface area (Å²) in [6, 6.07) is 29.5. The number of fused-ring (bicyclic) bond motifs is 1. The van der Waals surface area contributed by atoms with Crippen molar-refractivity contribution >= 4 is 34.2 Å². The highest BCUT2D eigenvalue weighted by Gasteiger charge is 2.38. The van der Waals surface area contributed by atoms with E-state index in [4.69, 9.17) is 17.6 Å². The molecule has 0 atom stereocenters. The lowest BCUT2D eigenvalue weighted by atomic mass is 9.76. The predicted molar refractivity (Wildman–Crippen MR) is 106 cm³/mol. The minimum absolute atomic E-state index is 0.338. The van der Waals surface area contributed by atoms with Crippen molar-refractivity contribution in [3.63, 3.8) is 0 Å². The Balaban J connectivity index is 2.03. The van der Waals surface area contributed by atoms with Crippen LogP contribution >= 0.6 is 24.0 Å². The molecule has 0 saturated heterocycles. The highest BCUT2D eigenvalue weighted by Crippen LogP contribution is 2.43. The van der Waals surface area contributed by atoms with Crippen LogP contribution in [0.1, 0.15) is 16.1 Å². The van der Waals surface area contributed by atoms with E-state index in [1.54, 1.807) is 11.3 Å². The van der Waals surface area contributed by atoms with Crippen molar-refractivity contribution in [1.29, 1.82) is 0 Å². The molecule has 1 nitrogen and oxygen atoms in total. The van der Waals surface area contributed by atoms with Gasteiger partial charge in [-0.15, -0.1) is 11.3 Å². The van der Waals surface area contributed by atoms with Gasteiger partial charge in [-0.2, -0.15) is 12.6 Å². The van der Waals surface area contributed by atoms with E-state index in [1.165, 1.54) is 15.8 Å². The van der Waals surface area contributed by atoms with Gasteiger partial charge in [0.15, 0.2) is 0 Å². The molecule has 0 aliphatic carbocycles. The van der Waals surface area contributed by atoms with Crippen LogP contribution in [0.5, 0.6) is 0 Å². The van der Waals surface area contributed by atoms with Gasteiger partial charge in [-0.1, -0.05) is 72.8 Å². The summed E-state index contributed by atoms with van der Waals surface area (Å²) in [6.07, 6.45) is 0. The molecule has 3 aromatic carbocycles. The summed E-state index contributed by atoms with van der Waals surface area (Å²) in [6.45, 7) is 0. The zero-order chi connectivity index (χ0) is 16.4. The monoisotopic (exact) mass is 347 g/mol. The quantitative estimate of drug-likeness (QED) is 0.477. The smallest absolute Gasteiger partial charge is 0.110 e. The van der Waals surface area contributed by atoms with E-state index in [2.05, 4.69) is 78.9 Å². The molecular formula is C21H17NS2. The first-order chi connectivity index (χ1) is 11.8. The molecule has 3 heteroatoms. The highest BCUT2D eigenvalue weighted by molar-refractivity contribution is 7.80. The SMILES string of the molecule is SCC(c1ccccc1)(c1ccccc1)c1nc2ccccc2s1. The Labute approximate surface area is 151 Å². The Morgan fingerprint density at radius 3 is 1.83 bits per heavy atom. The van der Waals surface area contributed by atoms with Crippen molar-refractivity contribution in [2.75, 3.05) is 5.75 Å². The van der Waals surface area contributed by atoms with Crippen LogP contribution in [0.3, 0.4) is 0 Å². The van der Waals surface area contributed by atoms with E-state index >= 15 is 0 Å². The molecule has 0 unspecified atom stereocenters. The Bertz CT molecular complexity index is 873. The second-order valence-corrected chi connectivity index (χ2v) is 7.13. The predicted octanol–water partition coefficient (Wildman–Crippen LogP) is 5.56. The summed E-state index contributed by atoms with van der Waals surface area (Å²) in [5, 5.41) is 1.09. The van der Waals surface area contributed by atoms with Crippen LogP contribution < -0.4 is 0 Å². The maximum atomic E-state index is 4.98. The summed E-state index contributed by atoms with van der Waals surface area (Å²) in [7, 11) is 0. The summed E-state index contributed by atoms with van der Waals surface area (Å²) in [5.41, 5.74) is 3.17. The maximum absolute atomic E-state index is 4.98. The Morgan fingerprint density at radius 2 is 1.29 bits per heavy atom. The molecule has 4 rings (SSSR count). The van der Waals surface area contributed by atoms with E-state index in [9.17, 15) is 0 Å². The molecule has 0 aliphatic rings. The van der Waals surface area contributed by atoms with Crippen LogP contribution in [0.15, 0.2) is 84.9 Å². The number of aromatic nitrogens is 1. The first-order valence-corrected chi connectivity index (χ1v) is 9.37. The minimum Gasteiger partial charge on any atom is -0.240 e. The zero-order valence-corrected chi connectivity index (χ0v) is 14.8. The Hall–Kier alpha value is -2.10. The van der Waals surface area contributed by atoms with Gasteiger partial charge in [0, 0.05) is 5.75 Å². The van der Waals surface area contributed by atoms with Crippen molar-refractivity contribution in [3.05, 3.63) is 101 Å². The first-order valence-electron chi connectivity index (χ1n) is 7.92. The van der Waals surface area contributed by atoms with Gasteiger partial charge in [-0.3, -0.25) is 0 Å². The molecule has 0 radical (unpaired) electrons. The van der Waals surface area contributed by atoms with Crippen LogP contribution in [-0.4, -0.2) is 10.7 Å². The number of thiazole rings is 1. The molecular weight excluding hydrogens is 330 g/mol. The lowest BCUT2D eigenvalue weighted by molar-refractivity contribution is 0.702. The molecule has 1 aromatic heterocycles. The standard InChI is InChI=1S/C21H17NS2/c23-15-21(16-9-3-1-4-10-16,17-11-5-2-6-12-17)20-22-18-13-7-8-14-19(18)24-20/h1-14,23H,15H2. The topological polar surface area (TPSA) is 12.9 Å². The molecule has 118 valence electrons. The van der Waals surface area contributed by atoms with Crippen LogP contribution in [0.4, 0.5) is 0 Å². The average molecular weight is 348 g/mol. The van der Waals surface area contributed by atoms with Gasteiger partial charge in [-0.25, -0.2) is 4.98 Å². The third kappa shape index (κ3) is 2.45. The summed E-state index contributed by atoms with van der Waals surface area (Å²) < 4.78 is 1.21. The molecule has 0 N–H and O–H groups in total. The number of nitrogens with zero attached hydrogens (tertiary/aromatic N) is 1. The van der Waals surface area contributed by atoms with Crippen molar-refractivity contribution in [2.24, 2.45) is 0 Å². The molecule has 0 spiro atoms. The number of thiol groups is 1. The molecule has 0 bridgehead atoms. The normalized spacial score (nSPS) is 11.7. The lowest BCUT2D eigenvalue weighted by Crippen LogP contribution is -2.31. The van der Waals surface area contributed by atoms with Gasteiger partial charge in [-0.05, 0) is 23.3 Å². The average Bonchev–Trinajstić information content (AvgIpc) is 3.09. The van der Waals surface area contributed by atoms with E-state index < -0.39 is 0 Å². The molecule has 0 fully saturated rings. The van der Waals surface area contributed by atoms with Crippen molar-refractivity contribution in [1.82, 2.24) is 4.98 Å². The second-order valence-electron chi connectivity index (χ2n) is 5.78. The third-order valence-electron chi connectivity index (χ3n) is 4.43. The summed E-state index contributed by atoms with van der Waals surface area (Å²) in [5.74, 6) is 0.668. The van der Waals surface area contributed by atoms with Crippen LogP contribution in [0, 0.1) is 0 Å². The van der Waals surface area contributed by atoms with Crippen molar-refractivity contribution in [3.8, 4) is 0 Å². The Morgan fingerprint density at radius 1 is 0.750 bits per heavy atom. The molecule has 0 aliphatic heterocycles. The third-order valence-corrected chi connectivity index (χ3v) is 6.10. The van der Waals surface area contributed by atoms with E-state index in [0.717, 1.165) is 10.5 Å². The van der Waals surface area contributed by atoms with E-state index in [-0.39, 0.29) is 5.41 Å². The van der Waals surface area contributed by atoms with Gasteiger partial charge in [0.25, 0.3) is 0 Å². The zero-order valence-electron chi connectivity index (χ0n) is 13.1. The van der Waals surface area contributed by atoms with Gasteiger partial charge >= 0.3 is 0 Å². The number of rotatable bonds is 4. The number of hydrogen-bond donors (Lipinski definition) is 1. The van der Waals surface area contributed by atoms with Gasteiger partial charge in [0.1, 0.15) is 5.01 Å². The summed E-state index contributed by atoms with van der Waals surface area (Å²) in [4.78, 5) is 4.98. The van der Waals surface area contributed by atoms with Crippen LogP contribution in [0.25, 0.3) is 10.2 Å². The molecule has 24 heavy (non-hydrogen) atoms. The molecule has 0 amide bonds. The first kappa shape index (κ1) is 15.4. The fraction of sp³-hybridized carbons (Fsp3) is 0.0952. The fourth-order valence-corrected chi connectivity index (χ4v) is 4.99. The van der Waals surface area contributed by atoms with Crippen molar-refractivity contribution in [2.45, 2.75) is 5.41 Å². The van der Waals surface area contributed by atoms with E-state index in [0.29, 0.717) is 5.75 Å². The van der Waals surface area contributed by atoms with Crippen LogP contribution in [0.2, 0.25) is 0 Å². The number of para-hydroxylation sites is 1. The van der Waals surface area contributed by atoms with Crippen molar-refractivity contribution < 1.29 is 0 Å². The van der Waals surface area contributed by atoms with Gasteiger partial charge in [0.05, 0.1) is 15.6 Å². The molecule has 0 saturated carbocycles. The van der Waals surface area contributed by atoms with Crippen LogP contribution in [-0.2, 0) is 5.41 Å². The largest absolute Gasteiger partial charge is 0.240 e. The van der Waals surface area contributed by atoms with E-state index in [1.807, 2.05) is 6.07 Å². The number of benzene rings is 3. The highest BCUT2D eigenvalue weighted by atomic mass is 32.1. The maximum Gasteiger partial charge on any atom is 0.110 e. The minimum atomic E-state index is -0.338. The van der Waals surface area contributed by atoms with Gasteiger partial charge in [0.2, 0.25) is 0 Å². The fourth-order valence-electron chi connectivity index (χ4n) is 3.16. The summed E-state index contributed by atoms with van der Waals surface area (Å²) >= 11 is 6.54. The second kappa shape index (κ2) is 6.42. The molecule has 1 heterocycles. The van der Waals surface area contributed by atoms with Gasteiger partial charge < -0.3 is 0 Å². The lowest BCUT2D eigenvalue weighted by Gasteiger charge is -2.31. The molecule has 4 aromatic rings. The Kier molecular flexibility index (Phi) is 4.13.